The van der Waals surface area contributed by atoms with Crippen molar-refractivity contribution in [3.63, 3.8) is 0 Å². The lowest BCUT2D eigenvalue weighted by molar-refractivity contribution is 0.102. The van der Waals surface area contributed by atoms with Crippen molar-refractivity contribution in [2.75, 3.05) is 11.1 Å². The van der Waals surface area contributed by atoms with Crippen LogP contribution in [0.3, 0.4) is 0 Å². The van der Waals surface area contributed by atoms with Crippen LogP contribution in [-0.4, -0.2) is 10.9 Å². The molecule has 0 spiro atoms. The minimum Gasteiger partial charge on any atom is -0.384 e. The van der Waals surface area contributed by atoms with Crippen molar-refractivity contribution in [2.45, 2.75) is 0 Å². The third kappa shape index (κ3) is 2.78. The maximum atomic E-state index is 12.9. The van der Waals surface area contributed by atoms with Gasteiger partial charge in [0.05, 0.1) is 11.9 Å². The second-order valence-electron chi connectivity index (χ2n) is 3.44. The highest BCUT2D eigenvalue weighted by atomic mass is 19.1. The molecule has 17 heavy (non-hydrogen) atoms. The van der Waals surface area contributed by atoms with Crippen LogP contribution in [0.4, 0.5) is 15.9 Å². The van der Waals surface area contributed by atoms with E-state index in [2.05, 4.69) is 10.3 Å². The van der Waals surface area contributed by atoms with Gasteiger partial charge in [-0.15, -0.1) is 0 Å². The van der Waals surface area contributed by atoms with Crippen LogP contribution < -0.4 is 11.1 Å². The van der Waals surface area contributed by atoms with E-state index >= 15 is 0 Å². The molecule has 0 atom stereocenters. The lowest BCUT2D eigenvalue weighted by atomic mass is 10.2. The molecule has 0 fully saturated rings. The molecule has 1 heterocycles. The molecule has 2 rings (SSSR count). The number of nitrogens with one attached hydrogen (secondary N) is 1. The van der Waals surface area contributed by atoms with Crippen LogP contribution in [0.15, 0.2) is 42.6 Å². The van der Waals surface area contributed by atoms with Gasteiger partial charge in [-0.1, -0.05) is 6.07 Å². The zero-order valence-electron chi connectivity index (χ0n) is 8.85. The number of hydrogen-bond acceptors (Lipinski definition) is 3. The first-order valence-electron chi connectivity index (χ1n) is 4.93. The van der Waals surface area contributed by atoms with E-state index in [1.807, 2.05) is 0 Å². The number of amides is 1. The van der Waals surface area contributed by atoms with E-state index in [9.17, 15) is 9.18 Å². The quantitative estimate of drug-likeness (QED) is 0.831. The molecular formula is C12H10FN3O. The van der Waals surface area contributed by atoms with Gasteiger partial charge in [0.1, 0.15) is 11.6 Å². The number of nitrogens with two attached hydrogens (primary N) is 1. The Morgan fingerprint density at radius 2 is 2.12 bits per heavy atom. The number of carbonyl (C=O) groups excluding carboxylic acids is 1. The van der Waals surface area contributed by atoms with E-state index in [1.165, 1.54) is 30.5 Å². The maximum absolute atomic E-state index is 12.9. The first-order valence-corrected chi connectivity index (χ1v) is 4.93. The molecule has 86 valence electrons. The number of halogens is 1. The summed E-state index contributed by atoms with van der Waals surface area (Å²) in [7, 11) is 0. The van der Waals surface area contributed by atoms with Gasteiger partial charge in [-0.05, 0) is 30.3 Å². The largest absolute Gasteiger partial charge is 0.384 e. The summed E-state index contributed by atoms with van der Waals surface area (Å²) < 4.78 is 12.9. The Bertz CT molecular complexity index is 540. The summed E-state index contributed by atoms with van der Waals surface area (Å²) in [6.07, 6.45) is 1.44. The van der Waals surface area contributed by atoms with Gasteiger partial charge in [0.25, 0.3) is 5.91 Å². The topological polar surface area (TPSA) is 68.0 Å². The van der Waals surface area contributed by atoms with Gasteiger partial charge in [-0.25, -0.2) is 9.37 Å². The third-order valence-electron chi connectivity index (χ3n) is 2.13. The van der Waals surface area contributed by atoms with E-state index in [0.29, 0.717) is 11.5 Å². The van der Waals surface area contributed by atoms with Crippen molar-refractivity contribution in [3.05, 3.63) is 54.0 Å². The minimum absolute atomic E-state index is 0.252. The average Bonchev–Trinajstić information content (AvgIpc) is 2.32. The number of anilines is 2. The zero-order chi connectivity index (χ0) is 12.3. The minimum atomic E-state index is -0.451. The second kappa shape index (κ2) is 4.61. The fourth-order valence-electron chi connectivity index (χ4n) is 1.31. The number of nitrogen functional groups attached to an aromatic ring is 1. The van der Waals surface area contributed by atoms with Crippen molar-refractivity contribution < 1.29 is 9.18 Å². The molecule has 1 aromatic heterocycles. The molecule has 3 N–H and O–H groups in total. The lowest BCUT2D eigenvalue weighted by Crippen LogP contribution is -2.12. The van der Waals surface area contributed by atoms with Gasteiger partial charge in [-0.2, -0.15) is 0 Å². The van der Waals surface area contributed by atoms with Crippen LogP contribution in [0, 0.1) is 5.82 Å². The summed E-state index contributed by atoms with van der Waals surface area (Å²) in [6.45, 7) is 0. The highest BCUT2D eigenvalue weighted by Gasteiger charge is 2.06. The highest BCUT2D eigenvalue weighted by Crippen LogP contribution is 2.10. The van der Waals surface area contributed by atoms with Gasteiger partial charge in [-0.3, -0.25) is 4.79 Å². The Hall–Kier alpha value is -2.43. The third-order valence-corrected chi connectivity index (χ3v) is 2.13. The molecule has 2 aromatic rings. The van der Waals surface area contributed by atoms with Crippen LogP contribution in [0.1, 0.15) is 10.4 Å². The standard InChI is InChI=1S/C12H10FN3O/c13-9-3-1-2-8(6-9)12(17)16-10-4-5-11(14)15-7-10/h1-7H,(H2,14,15)(H,16,17). The zero-order valence-corrected chi connectivity index (χ0v) is 8.85. The van der Waals surface area contributed by atoms with Crippen molar-refractivity contribution in [3.8, 4) is 0 Å². The Labute approximate surface area is 97.3 Å². The van der Waals surface area contributed by atoms with Gasteiger partial charge >= 0.3 is 0 Å². The Kier molecular flexibility index (Phi) is 3.00. The molecule has 0 aliphatic heterocycles. The first kappa shape index (κ1) is 11.1. The smallest absolute Gasteiger partial charge is 0.255 e. The predicted molar refractivity (Wildman–Crippen MR) is 63.0 cm³/mol. The molecule has 0 saturated heterocycles. The maximum Gasteiger partial charge on any atom is 0.255 e. The fourth-order valence-corrected chi connectivity index (χ4v) is 1.31. The molecule has 1 aromatic carbocycles. The highest BCUT2D eigenvalue weighted by molar-refractivity contribution is 6.04. The SMILES string of the molecule is Nc1ccc(NC(=O)c2cccc(F)c2)cn1. The van der Waals surface area contributed by atoms with E-state index in [0.717, 1.165) is 0 Å². The van der Waals surface area contributed by atoms with E-state index in [4.69, 9.17) is 5.73 Å². The van der Waals surface area contributed by atoms with Crippen LogP contribution in [-0.2, 0) is 0 Å². The molecule has 4 nitrogen and oxygen atoms in total. The number of pyridine rings is 1. The summed E-state index contributed by atoms with van der Waals surface area (Å²) in [6, 6.07) is 8.65. The van der Waals surface area contributed by atoms with E-state index in [-0.39, 0.29) is 5.56 Å². The van der Waals surface area contributed by atoms with Gasteiger partial charge in [0.15, 0.2) is 0 Å². The Morgan fingerprint density at radius 1 is 1.29 bits per heavy atom. The summed E-state index contributed by atoms with van der Waals surface area (Å²) in [4.78, 5) is 15.5. The molecule has 0 saturated carbocycles. The Balaban J connectivity index is 2.14. The van der Waals surface area contributed by atoms with Gasteiger partial charge in [0, 0.05) is 5.56 Å². The number of benzene rings is 1. The van der Waals surface area contributed by atoms with Gasteiger partial charge < -0.3 is 11.1 Å². The van der Waals surface area contributed by atoms with Crippen molar-refractivity contribution >= 4 is 17.4 Å². The predicted octanol–water partition coefficient (Wildman–Crippen LogP) is 2.06. The summed E-state index contributed by atoms with van der Waals surface area (Å²) in [5.74, 6) is -0.474. The first-order chi connectivity index (χ1) is 8.15. The van der Waals surface area contributed by atoms with Crippen molar-refractivity contribution in [1.29, 1.82) is 0 Å². The molecule has 0 bridgehead atoms. The van der Waals surface area contributed by atoms with E-state index < -0.39 is 11.7 Å². The monoisotopic (exact) mass is 231 g/mol. The van der Waals surface area contributed by atoms with Crippen LogP contribution >= 0.6 is 0 Å². The number of hydrogen-bond donors (Lipinski definition) is 2. The lowest BCUT2D eigenvalue weighted by Gasteiger charge is -2.04. The summed E-state index contributed by atoms with van der Waals surface area (Å²) in [5.41, 5.74) is 6.17. The molecular weight excluding hydrogens is 221 g/mol. The van der Waals surface area contributed by atoms with Crippen molar-refractivity contribution in [1.82, 2.24) is 4.98 Å². The van der Waals surface area contributed by atoms with Crippen LogP contribution in [0.5, 0.6) is 0 Å². The molecule has 0 radical (unpaired) electrons. The average molecular weight is 231 g/mol. The Morgan fingerprint density at radius 3 is 2.76 bits per heavy atom. The van der Waals surface area contributed by atoms with Crippen LogP contribution in [0.2, 0.25) is 0 Å². The number of carbonyl (C=O) groups is 1. The van der Waals surface area contributed by atoms with Gasteiger partial charge in [0.2, 0.25) is 0 Å². The number of aromatic nitrogens is 1. The molecule has 1 amide bonds. The number of nitrogens with zero attached hydrogens (tertiary/aromatic N) is 1. The second-order valence-corrected chi connectivity index (χ2v) is 3.44. The molecule has 0 aliphatic carbocycles. The van der Waals surface area contributed by atoms with Crippen LogP contribution in [0.25, 0.3) is 0 Å². The molecule has 0 aliphatic rings. The van der Waals surface area contributed by atoms with E-state index in [1.54, 1.807) is 12.1 Å². The summed E-state index contributed by atoms with van der Waals surface area (Å²) >= 11 is 0. The number of rotatable bonds is 2. The normalized spacial score (nSPS) is 9.94. The molecule has 0 unspecified atom stereocenters. The fraction of sp³-hybridized carbons (Fsp3) is 0. The van der Waals surface area contributed by atoms with Crippen molar-refractivity contribution in [2.24, 2.45) is 0 Å². The summed E-state index contributed by atoms with van der Waals surface area (Å²) in [5, 5.41) is 2.59. The molecule has 5 heteroatoms.